The van der Waals surface area contributed by atoms with Gasteiger partial charge in [0.05, 0.1) is 0 Å². The fraction of sp³-hybridized carbons (Fsp3) is 0.0270. The lowest BCUT2D eigenvalue weighted by Crippen LogP contribution is -2.65. The van der Waals surface area contributed by atoms with Crippen LogP contribution in [0.25, 0.3) is 33.4 Å². The highest BCUT2D eigenvalue weighted by Gasteiger charge is 2.37. The first kappa shape index (κ1) is 23.9. The second-order valence-corrected chi connectivity index (χ2v) is 13.8. The molecule has 1 heteroatoms. The van der Waals surface area contributed by atoms with Gasteiger partial charge in [-0.1, -0.05) is 164 Å². The Bertz CT molecular complexity index is 1590. The lowest BCUT2D eigenvalue weighted by Gasteiger charge is -2.33. The SMILES string of the molecule is C[Si](c1ccccc1)(c1ccccc1)c1cc(-c2ccccc2)cc(-c2ccccc2)c1-c1ccccc1. The first-order chi connectivity index (χ1) is 18.7. The normalized spacial score (nSPS) is 11.3. The van der Waals surface area contributed by atoms with Gasteiger partial charge in [0, 0.05) is 0 Å². The molecule has 0 radical (unpaired) electrons. The minimum absolute atomic E-state index is 1.24. The Hall–Kier alpha value is -4.46. The first-order valence-electron chi connectivity index (χ1n) is 13.2. The molecule has 182 valence electrons. The maximum absolute atomic E-state index is 2.52. The van der Waals surface area contributed by atoms with Gasteiger partial charge < -0.3 is 0 Å². The second-order valence-electron chi connectivity index (χ2n) is 9.90. The molecule has 0 atom stereocenters. The number of hydrogen-bond donors (Lipinski definition) is 0. The topological polar surface area (TPSA) is 0 Å². The molecule has 0 aliphatic rings. The Morgan fingerprint density at radius 2 is 0.763 bits per heavy atom. The van der Waals surface area contributed by atoms with Crippen molar-refractivity contribution in [3.05, 3.63) is 164 Å². The van der Waals surface area contributed by atoms with Crippen molar-refractivity contribution in [1.29, 1.82) is 0 Å². The van der Waals surface area contributed by atoms with E-state index in [1.54, 1.807) is 0 Å². The van der Waals surface area contributed by atoms with E-state index in [1.807, 2.05) is 0 Å². The minimum atomic E-state index is -2.43. The molecule has 38 heavy (non-hydrogen) atoms. The standard InChI is InChI=1S/C37H30Si/c1-38(33-23-13-5-14-24-33,34-25-15-6-16-26-34)36-28-32(29-17-7-2-8-18-29)27-35(30-19-9-3-10-20-30)37(36)31-21-11-4-12-22-31/h2-28H,1H3. The van der Waals surface area contributed by atoms with Gasteiger partial charge in [0.15, 0.2) is 0 Å². The molecule has 0 saturated heterocycles. The summed E-state index contributed by atoms with van der Waals surface area (Å²) in [6, 6.07) is 59.8. The Balaban J connectivity index is 1.78. The molecule has 0 saturated carbocycles. The maximum atomic E-state index is 2.52. The minimum Gasteiger partial charge on any atom is -0.0624 e. The summed E-state index contributed by atoms with van der Waals surface area (Å²) in [4.78, 5) is 0. The summed E-state index contributed by atoms with van der Waals surface area (Å²) < 4.78 is 0. The van der Waals surface area contributed by atoms with Gasteiger partial charge in [-0.25, -0.2) is 0 Å². The maximum Gasteiger partial charge on any atom is 0.146 e. The average Bonchev–Trinajstić information content (AvgIpc) is 3.02. The highest BCUT2D eigenvalue weighted by Crippen LogP contribution is 2.36. The van der Waals surface area contributed by atoms with Gasteiger partial charge in [-0.05, 0) is 55.0 Å². The van der Waals surface area contributed by atoms with E-state index in [4.69, 9.17) is 0 Å². The predicted molar refractivity (Wildman–Crippen MR) is 166 cm³/mol. The van der Waals surface area contributed by atoms with Crippen molar-refractivity contribution in [2.75, 3.05) is 0 Å². The van der Waals surface area contributed by atoms with Gasteiger partial charge in [-0.3, -0.25) is 0 Å². The van der Waals surface area contributed by atoms with E-state index in [0.717, 1.165) is 0 Å². The zero-order chi connectivity index (χ0) is 25.8. The van der Waals surface area contributed by atoms with Crippen LogP contribution in [0.5, 0.6) is 0 Å². The van der Waals surface area contributed by atoms with Crippen LogP contribution in [0.2, 0.25) is 6.55 Å². The van der Waals surface area contributed by atoms with E-state index in [-0.39, 0.29) is 0 Å². The Morgan fingerprint density at radius 1 is 0.368 bits per heavy atom. The van der Waals surface area contributed by atoms with Crippen molar-refractivity contribution in [2.24, 2.45) is 0 Å². The fourth-order valence-electron chi connectivity index (χ4n) is 5.62. The van der Waals surface area contributed by atoms with E-state index in [1.165, 1.54) is 48.9 Å². The summed E-state index contributed by atoms with van der Waals surface area (Å²) in [5, 5.41) is 4.25. The van der Waals surface area contributed by atoms with Crippen molar-refractivity contribution in [2.45, 2.75) is 6.55 Å². The smallest absolute Gasteiger partial charge is 0.0624 e. The lowest BCUT2D eigenvalue weighted by molar-refractivity contribution is 1.57. The second kappa shape index (κ2) is 10.5. The third-order valence-corrected chi connectivity index (χ3v) is 12.1. The van der Waals surface area contributed by atoms with Gasteiger partial charge in [0.1, 0.15) is 8.07 Å². The van der Waals surface area contributed by atoms with Crippen molar-refractivity contribution < 1.29 is 0 Å². The predicted octanol–water partition coefficient (Wildman–Crippen LogP) is 7.79. The summed E-state index contributed by atoms with van der Waals surface area (Å²) >= 11 is 0. The summed E-state index contributed by atoms with van der Waals surface area (Å²) in [5.41, 5.74) is 7.60. The van der Waals surface area contributed by atoms with Crippen LogP contribution in [0.1, 0.15) is 0 Å². The number of rotatable bonds is 6. The van der Waals surface area contributed by atoms with Crippen molar-refractivity contribution in [3.63, 3.8) is 0 Å². The molecule has 0 N–H and O–H groups in total. The van der Waals surface area contributed by atoms with Gasteiger partial charge in [0.2, 0.25) is 0 Å². The molecular weight excluding hydrogens is 472 g/mol. The zero-order valence-corrected chi connectivity index (χ0v) is 22.6. The number of hydrogen-bond acceptors (Lipinski definition) is 0. The van der Waals surface area contributed by atoms with Crippen molar-refractivity contribution in [1.82, 2.24) is 0 Å². The van der Waals surface area contributed by atoms with Gasteiger partial charge in [-0.2, -0.15) is 0 Å². The molecule has 0 fully saturated rings. The molecule has 0 bridgehead atoms. The van der Waals surface area contributed by atoms with Crippen LogP contribution in [0, 0.1) is 0 Å². The van der Waals surface area contributed by atoms with E-state index >= 15 is 0 Å². The molecule has 0 aliphatic carbocycles. The third kappa shape index (κ3) is 4.42. The van der Waals surface area contributed by atoms with Crippen LogP contribution < -0.4 is 15.6 Å². The van der Waals surface area contributed by atoms with E-state index in [9.17, 15) is 0 Å². The fourth-order valence-corrected chi connectivity index (χ4v) is 9.51. The Labute approximate surface area is 226 Å². The molecule has 0 aromatic heterocycles. The van der Waals surface area contributed by atoms with Gasteiger partial charge >= 0.3 is 0 Å². The molecular formula is C37H30Si. The number of benzene rings is 6. The molecule has 0 heterocycles. The zero-order valence-electron chi connectivity index (χ0n) is 21.6. The molecule has 0 nitrogen and oxygen atoms in total. The van der Waals surface area contributed by atoms with E-state index in [0.29, 0.717) is 0 Å². The molecule has 0 amide bonds. The van der Waals surface area contributed by atoms with Crippen LogP contribution in [-0.4, -0.2) is 8.07 Å². The highest BCUT2D eigenvalue weighted by molar-refractivity contribution is 7.11. The lowest BCUT2D eigenvalue weighted by atomic mass is 9.91. The average molecular weight is 503 g/mol. The van der Waals surface area contributed by atoms with E-state index in [2.05, 4.69) is 170 Å². The molecule has 0 spiro atoms. The molecule has 6 aromatic carbocycles. The van der Waals surface area contributed by atoms with Crippen LogP contribution in [0.15, 0.2) is 164 Å². The van der Waals surface area contributed by atoms with E-state index < -0.39 is 8.07 Å². The summed E-state index contributed by atoms with van der Waals surface area (Å²) in [7, 11) is -2.43. The summed E-state index contributed by atoms with van der Waals surface area (Å²) in [6.45, 7) is 2.52. The largest absolute Gasteiger partial charge is 0.146 e. The van der Waals surface area contributed by atoms with Crippen LogP contribution in [0.3, 0.4) is 0 Å². The van der Waals surface area contributed by atoms with Crippen LogP contribution in [-0.2, 0) is 0 Å². The molecule has 6 aromatic rings. The molecule has 0 unspecified atom stereocenters. The molecule has 6 rings (SSSR count). The monoisotopic (exact) mass is 502 g/mol. The highest BCUT2D eigenvalue weighted by atomic mass is 28.3. The summed E-state index contributed by atoms with van der Waals surface area (Å²) in [6.07, 6.45) is 0. The van der Waals surface area contributed by atoms with Crippen LogP contribution in [0.4, 0.5) is 0 Å². The van der Waals surface area contributed by atoms with Gasteiger partial charge in [0.25, 0.3) is 0 Å². The van der Waals surface area contributed by atoms with Crippen LogP contribution >= 0.6 is 0 Å². The first-order valence-corrected chi connectivity index (χ1v) is 15.7. The quantitative estimate of drug-likeness (QED) is 0.161. The Morgan fingerprint density at radius 3 is 1.24 bits per heavy atom. The van der Waals surface area contributed by atoms with Crippen molar-refractivity contribution in [3.8, 4) is 33.4 Å². The molecule has 0 aliphatic heterocycles. The summed E-state index contributed by atoms with van der Waals surface area (Å²) in [5.74, 6) is 0. The van der Waals surface area contributed by atoms with Gasteiger partial charge in [-0.15, -0.1) is 0 Å². The van der Waals surface area contributed by atoms with Crippen molar-refractivity contribution >= 4 is 23.6 Å². The third-order valence-electron chi connectivity index (χ3n) is 7.63. The Kier molecular flexibility index (Phi) is 6.60.